The van der Waals surface area contributed by atoms with Gasteiger partial charge in [0.2, 0.25) is 5.91 Å². The van der Waals surface area contributed by atoms with E-state index in [9.17, 15) is 4.79 Å². The average molecular weight is 277 g/mol. The van der Waals surface area contributed by atoms with Crippen LogP contribution in [0.5, 0.6) is 0 Å². The third-order valence-electron chi connectivity index (χ3n) is 1.84. The van der Waals surface area contributed by atoms with Crippen molar-refractivity contribution in [2.45, 2.75) is 13.0 Å². The lowest BCUT2D eigenvalue weighted by Gasteiger charge is -2.02. The normalized spacial score (nSPS) is 9.18. The SMILES string of the molecule is C#CCNC(=O)CCNCc1ccc(Cl)o1.Cl. The van der Waals surface area contributed by atoms with Crippen molar-refractivity contribution in [3.8, 4) is 12.3 Å². The van der Waals surface area contributed by atoms with Gasteiger partial charge in [-0.25, -0.2) is 0 Å². The number of rotatable bonds is 6. The molecule has 6 heteroatoms. The van der Waals surface area contributed by atoms with Crippen LogP contribution < -0.4 is 10.6 Å². The summed E-state index contributed by atoms with van der Waals surface area (Å²) in [5.74, 6) is 3.01. The molecule has 0 spiro atoms. The fraction of sp³-hybridized carbons (Fsp3) is 0.364. The molecule has 17 heavy (non-hydrogen) atoms. The molecule has 1 rings (SSSR count). The zero-order valence-electron chi connectivity index (χ0n) is 9.16. The molecule has 1 aromatic rings. The van der Waals surface area contributed by atoms with E-state index in [0.29, 0.717) is 24.7 Å². The lowest BCUT2D eigenvalue weighted by Crippen LogP contribution is -2.27. The highest BCUT2D eigenvalue weighted by molar-refractivity contribution is 6.28. The Morgan fingerprint density at radius 1 is 1.53 bits per heavy atom. The van der Waals surface area contributed by atoms with Crippen LogP contribution in [0.25, 0.3) is 0 Å². The van der Waals surface area contributed by atoms with E-state index in [-0.39, 0.29) is 24.9 Å². The van der Waals surface area contributed by atoms with Crippen LogP contribution in [-0.2, 0) is 11.3 Å². The number of hydrogen-bond acceptors (Lipinski definition) is 3. The van der Waals surface area contributed by atoms with Crippen LogP contribution in [0.2, 0.25) is 5.22 Å². The summed E-state index contributed by atoms with van der Waals surface area (Å²) in [7, 11) is 0. The smallest absolute Gasteiger partial charge is 0.222 e. The molecule has 0 aliphatic rings. The zero-order valence-corrected chi connectivity index (χ0v) is 10.7. The molecular weight excluding hydrogens is 263 g/mol. The van der Waals surface area contributed by atoms with Gasteiger partial charge in [0.25, 0.3) is 0 Å². The maximum Gasteiger partial charge on any atom is 0.222 e. The summed E-state index contributed by atoms with van der Waals surface area (Å²) in [6.45, 7) is 1.39. The highest BCUT2D eigenvalue weighted by Gasteiger charge is 2.01. The molecule has 0 bridgehead atoms. The van der Waals surface area contributed by atoms with Gasteiger partial charge < -0.3 is 15.1 Å². The summed E-state index contributed by atoms with van der Waals surface area (Å²) in [4.78, 5) is 11.1. The lowest BCUT2D eigenvalue weighted by molar-refractivity contribution is -0.120. The Balaban J connectivity index is 0.00000256. The topological polar surface area (TPSA) is 54.3 Å². The van der Waals surface area contributed by atoms with Crippen molar-refractivity contribution in [3.05, 3.63) is 23.1 Å². The molecule has 2 N–H and O–H groups in total. The van der Waals surface area contributed by atoms with E-state index >= 15 is 0 Å². The maximum absolute atomic E-state index is 11.1. The number of furan rings is 1. The minimum absolute atomic E-state index is 0. The molecule has 0 fully saturated rings. The second-order valence-electron chi connectivity index (χ2n) is 3.11. The van der Waals surface area contributed by atoms with Crippen molar-refractivity contribution in [3.63, 3.8) is 0 Å². The first-order valence-electron chi connectivity index (χ1n) is 4.87. The van der Waals surface area contributed by atoms with E-state index in [2.05, 4.69) is 16.6 Å². The minimum atomic E-state index is -0.0667. The summed E-state index contributed by atoms with van der Waals surface area (Å²) in [5, 5.41) is 6.00. The number of amides is 1. The Hall–Kier alpha value is -1.15. The summed E-state index contributed by atoms with van der Waals surface area (Å²) in [6.07, 6.45) is 5.39. The van der Waals surface area contributed by atoms with Crippen molar-refractivity contribution < 1.29 is 9.21 Å². The van der Waals surface area contributed by atoms with E-state index in [0.717, 1.165) is 5.76 Å². The van der Waals surface area contributed by atoms with Gasteiger partial charge in [-0.3, -0.25) is 4.79 Å². The van der Waals surface area contributed by atoms with Crippen LogP contribution in [-0.4, -0.2) is 19.0 Å². The fourth-order valence-electron chi connectivity index (χ4n) is 1.10. The zero-order chi connectivity index (χ0) is 11.8. The molecule has 0 aliphatic heterocycles. The molecule has 1 aromatic heterocycles. The lowest BCUT2D eigenvalue weighted by atomic mass is 10.3. The van der Waals surface area contributed by atoms with Crippen molar-refractivity contribution in [2.24, 2.45) is 0 Å². The number of halogens is 2. The van der Waals surface area contributed by atoms with Crippen LogP contribution in [0.1, 0.15) is 12.2 Å². The van der Waals surface area contributed by atoms with Crippen LogP contribution >= 0.6 is 24.0 Å². The summed E-state index contributed by atoms with van der Waals surface area (Å²) in [5.41, 5.74) is 0. The van der Waals surface area contributed by atoms with Gasteiger partial charge in [0, 0.05) is 13.0 Å². The molecular formula is C11H14Cl2N2O2. The minimum Gasteiger partial charge on any atom is -0.448 e. The Kier molecular flexibility index (Phi) is 8.34. The first-order valence-corrected chi connectivity index (χ1v) is 5.25. The van der Waals surface area contributed by atoms with Gasteiger partial charge in [-0.2, -0.15) is 0 Å². The van der Waals surface area contributed by atoms with Crippen LogP contribution in [0.3, 0.4) is 0 Å². The molecule has 94 valence electrons. The number of terminal acetylenes is 1. The fourth-order valence-corrected chi connectivity index (χ4v) is 1.26. The van der Waals surface area contributed by atoms with Crippen LogP contribution in [0.15, 0.2) is 16.5 Å². The van der Waals surface area contributed by atoms with Gasteiger partial charge >= 0.3 is 0 Å². The third-order valence-corrected chi connectivity index (χ3v) is 2.05. The molecule has 1 heterocycles. The van der Waals surface area contributed by atoms with Gasteiger partial charge in [0.15, 0.2) is 5.22 Å². The number of nitrogens with one attached hydrogen (secondary N) is 2. The van der Waals surface area contributed by atoms with Gasteiger partial charge in [-0.15, -0.1) is 18.8 Å². The van der Waals surface area contributed by atoms with Crippen molar-refractivity contribution >= 4 is 29.9 Å². The molecule has 0 aliphatic carbocycles. The van der Waals surface area contributed by atoms with Crippen LogP contribution in [0, 0.1) is 12.3 Å². The van der Waals surface area contributed by atoms with E-state index in [1.165, 1.54) is 0 Å². The van der Waals surface area contributed by atoms with Gasteiger partial charge in [0.05, 0.1) is 13.1 Å². The predicted molar refractivity (Wildman–Crippen MR) is 69.1 cm³/mol. The Labute approximate surface area is 111 Å². The van der Waals surface area contributed by atoms with E-state index < -0.39 is 0 Å². The molecule has 4 nitrogen and oxygen atoms in total. The van der Waals surface area contributed by atoms with Gasteiger partial charge in [-0.05, 0) is 23.7 Å². The summed E-state index contributed by atoms with van der Waals surface area (Å²) in [6, 6.07) is 3.46. The molecule has 1 amide bonds. The highest BCUT2D eigenvalue weighted by atomic mass is 35.5. The van der Waals surface area contributed by atoms with Gasteiger partial charge in [-0.1, -0.05) is 5.92 Å². The first kappa shape index (κ1) is 15.9. The molecule has 0 saturated heterocycles. The molecule has 0 saturated carbocycles. The number of carbonyl (C=O) groups is 1. The van der Waals surface area contributed by atoms with Gasteiger partial charge in [0.1, 0.15) is 5.76 Å². The standard InChI is InChI=1S/C11H13ClN2O2.ClH/c1-2-6-14-11(15)5-7-13-8-9-3-4-10(12)16-9;/h1,3-4,13H,5-8H2,(H,14,15);1H. The monoisotopic (exact) mass is 276 g/mol. The molecule has 0 aromatic carbocycles. The third kappa shape index (κ3) is 6.90. The summed E-state index contributed by atoms with van der Waals surface area (Å²) >= 11 is 5.60. The highest BCUT2D eigenvalue weighted by Crippen LogP contribution is 2.12. The van der Waals surface area contributed by atoms with E-state index in [4.69, 9.17) is 22.4 Å². The predicted octanol–water partition coefficient (Wildman–Crippen LogP) is 1.58. The van der Waals surface area contributed by atoms with Crippen molar-refractivity contribution in [2.75, 3.05) is 13.1 Å². The Morgan fingerprint density at radius 3 is 2.88 bits per heavy atom. The summed E-state index contributed by atoms with van der Waals surface area (Å²) < 4.78 is 5.13. The molecule has 0 radical (unpaired) electrons. The second-order valence-corrected chi connectivity index (χ2v) is 3.49. The van der Waals surface area contributed by atoms with Crippen molar-refractivity contribution in [1.82, 2.24) is 10.6 Å². The largest absolute Gasteiger partial charge is 0.448 e. The number of hydrogen-bond donors (Lipinski definition) is 2. The molecule has 0 unspecified atom stereocenters. The first-order chi connectivity index (χ1) is 7.72. The van der Waals surface area contributed by atoms with E-state index in [1.54, 1.807) is 12.1 Å². The number of carbonyl (C=O) groups excluding carboxylic acids is 1. The Bertz CT molecular complexity index is 385. The van der Waals surface area contributed by atoms with Crippen LogP contribution in [0.4, 0.5) is 0 Å². The van der Waals surface area contributed by atoms with E-state index in [1.807, 2.05) is 0 Å². The quantitative estimate of drug-likeness (QED) is 0.613. The second kappa shape index (κ2) is 8.94. The molecule has 0 atom stereocenters. The Morgan fingerprint density at radius 2 is 2.29 bits per heavy atom. The average Bonchev–Trinajstić information content (AvgIpc) is 2.67. The maximum atomic E-state index is 11.1. The van der Waals surface area contributed by atoms with Crippen molar-refractivity contribution in [1.29, 1.82) is 0 Å².